The number of rotatable bonds is 10. The lowest BCUT2D eigenvalue weighted by Gasteiger charge is -2.06. The second kappa shape index (κ2) is 9.72. The van der Waals surface area contributed by atoms with Gasteiger partial charge in [0, 0.05) is 25.1 Å². The van der Waals surface area contributed by atoms with Crippen molar-refractivity contribution >= 4 is 22.4 Å². The summed E-state index contributed by atoms with van der Waals surface area (Å²) in [4.78, 5) is 15.7. The minimum absolute atomic E-state index is 0.230. The number of anilines is 1. The smallest absolute Gasteiger partial charge is 0.311 e. The van der Waals surface area contributed by atoms with Crippen LogP contribution in [0, 0.1) is 5.92 Å². The molecule has 1 aromatic heterocycles. The van der Waals surface area contributed by atoms with Crippen LogP contribution in [0.1, 0.15) is 32.9 Å². The van der Waals surface area contributed by atoms with Crippen LogP contribution in [-0.4, -0.2) is 37.3 Å². The highest BCUT2D eigenvalue weighted by Gasteiger charge is 2.07. The van der Waals surface area contributed by atoms with Crippen LogP contribution in [0.3, 0.4) is 0 Å². The van der Waals surface area contributed by atoms with Gasteiger partial charge >= 0.3 is 5.97 Å². The Kier molecular flexibility index (Phi) is 8.22. The maximum atomic E-state index is 11.3. The fraction of sp³-hybridized carbons (Fsp3) is 0.714. The Bertz CT molecular complexity index is 394. The molecule has 0 bridgehead atoms. The van der Waals surface area contributed by atoms with E-state index in [1.165, 1.54) is 11.3 Å². The SMILES string of the molecule is CCOC(=O)Cc1csc(NCCCOCC(C)C)n1. The minimum Gasteiger partial charge on any atom is -0.466 e. The summed E-state index contributed by atoms with van der Waals surface area (Å²) < 4.78 is 10.4. The van der Waals surface area contributed by atoms with E-state index in [1.54, 1.807) is 6.92 Å². The first-order valence-corrected chi connectivity index (χ1v) is 7.91. The van der Waals surface area contributed by atoms with Gasteiger partial charge in [-0.3, -0.25) is 4.79 Å². The zero-order chi connectivity index (χ0) is 14.8. The largest absolute Gasteiger partial charge is 0.466 e. The Morgan fingerprint density at radius 2 is 2.30 bits per heavy atom. The second-order valence-electron chi connectivity index (χ2n) is 4.87. The van der Waals surface area contributed by atoms with E-state index in [-0.39, 0.29) is 12.4 Å². The Hall–Kier alpha value is -1.14. The van der Waals surface area contributed by atoms with Crippen molar-refractivity contribution in [1.29, 1.82) is 0 Å². The summed E-state index contributed by atoms with van der Waals surface area (Å²) in [5.41, 5.74) is 0.756. The summed E-state index contributed by atoms with van der Waals surface area (Å²) in [6.07, 6.45) is 1.18. The lowest BCUT2D eigenvalue weighted by atomic mass is 10.2. The molecule has 20 heavy (non-hydrogen) atoms. The Labute approximate surface area is 124 Å². The standard InChI is InChI=1S/C14H24N2O3S/c1-4-19-13(17)8-12-10-20-14(16-12)15-6-5-7-18-9-11(2)3/h10-11H,4-9H2,1-3H3,(H,15,16). The van der Waals surface area contributed by atoms with Crippen LogP contribution in [-0.2, 0) is 20.7 Å². The minimum atomic E-state index is -0.230. The van der Waals surface area contributed by atoms with E-state index in [0.29, 0.717) is 12.5 Å². The van der Waals surface area contributed by atoms with Gasteiger partial charge in [0.2, 0.25) is 0 Å². The average molecular weight is 300 g/mol. The Morgan fingerprint density at radius 3 is 3.00 bits per heavy atom. The Balaban J connectivity index is 2.15. The molecule has 0 radical (unpaired) electrons. The highest BCUT2D eigenvalue weighted by Crippen LogP contribution is 2.15. The molecular formula is C14H24N2O3S. The van der Waals surface area contributed by atoms with Crippen LogP contribution in [0.2, 0.25) is 0 Å². The zero-order valence-corrected chi connectivity index (χ0v) is 13.3. The van der Waals surface area contributed by atoms with Crippen LogP contribution >= 0.6 is 11.3 Å². The summed E-state index contributed by atoms with van der Waals surface area (Å²) in [6.45, 7) is 8.87. The first-order valence-electron chi connectivity index (χ1n) is 7.03. The fourth-order valence-corrected chi connectivity index (χ4v) is 2.26. The van der Waals surface area contributed by atoms with Gasteiger partial charge in [-0.25, -0.2) is 4.98 Å². The summed E-state index contributed by atoms with van der Waals surface area (Å²) in [7, 11) is 0. The molecule has 0 aliphatic heterocycles. The molecule has 1 N–H and O–H groups in total. The predicted molar refractivity (Wildman–Crippen MR) is 81.2 cm³/mol. The van der Waals surface area contributed by atoms with Crippen molar-refractivity contribution in [3.05, 3.63) is 11.1 Å². The van der Waals surface area contributed by atoms with E-state index in [1.807, 2.05) is 5.38 Å². The molecule has 0 saturated heterocycles. The molecule has 0 fully saturated rings. The van der Waals surface area contributed by atoms with Crippen LogP contribution in [0.5, 0.6) is 0 Å². The van der Waals surface area contributed by atoms with E-state index < -0.39 is 0 Å². The van der Waals surface area contributed by atoms with Gasteiger partial charge in [0.25, 0.3) is 0 Å². The van der Waals surface area contributed by atoms with Crippen LogP contribution < -0.4 is 5.32 Å². The number of hydrogen-bond acceptors (Lipinski definition) is 6. The van der Waals surface area contributed by atoms with Crippen molar-refractivity contribution in [3.63, 3.8) is 0 Å². The summed E-state index contributed by atoms with van der Waals surface area (Å²) in [5, 5.41) is 5.96. The number of nitrogens with one attached hydrogen (secondary N) is 1. The van der Waals surface area contributed by atoms with Gasteiger partial charge in [0.05, 0.1) is 18.7 Å². The molecule has 0 aromatic carbocycles. The molecule has 0 unspecified atom stereocenters. The third-order valence-electron chi connectivity index (χ3n) is 2.38. The van der Waals surface area contributed by atoms with Crippen LogP contribution in [0.15, 0.2) is 5.38 Å². The zero-order valence-electron chi connectivity index (χ0n) is 12.5. The lowest BCUT2D eigenvalue weighted by Crippen LogP contribution is -2.09. The maximum absolute atomic E-state index is 11.3. The summed E-state index contributed by atoms with van der Waals surface area (Å²) >= 11 is 1.51. The van der Waals surface area contributed by atoms with Gasteiger partial charge in [0.1, 0.15) is 0 Å². The van der Waals surface area contributed by atoms with Gasteiger partial charge in [-0.1, -0.05) is 13.8 Å². The van der Waals surface area contributed by atoms with E-state index in [2.05, 4.69) is 24.1 Å². The molecule has 0 atom stereocenters. The number of hydrogen-bond donors (Lipinski definition) is 1. The molecule has 5 nitrogen and oxygen atoms in total. The molecule has 0 saturated carbocycles. The molecule has 0 aliphatic rings. The third-order valence-corrected chi connectivity index (χ3v) is 3.22. The first kappa shape index (κ1) is 16.9. The molecule has 1 aromatic rings. The van der Waals surface area contributed by atoms with Crippen molar-refractivity contribution in [2.45, 2.75) is 33.6 Å². The normalized spacial score (nSPS) is 10.8. The fourth-order valence-electron chi connectivity index (χ4n) is 1.52. The number of aromatic nitrogens is 1. The van der Waals surface area contributed by atoms with Gasteiger partial charge in [-0.15, -0.1) is 11.3 Å². The Morgan fingerprint density at radius 1 is 1.50 bits per heavy atom. The maximum Gasteiger partial charge on any atom is 0.311 e. The topological polar surface area (TPSA) is 60.5 Å². The van der Waals surface area contributed by atoms with Crippen LogP contribution in [0.25, 0.3) is 0 Å². The quantitative estimate of drug-likeness (QED) is 0.532. The van der Waals surface area contributed by atoms with Crippen molar-refractivity contribution in [2.24, 2.45) is 5.92 Å². The molecule has 1 rings (SSSR count). The lowest BCUT2D eigenvalue weighted by molar-refractivity contribution is -0.142. The molecule has 6 heteroatoms. The van der Waals surface area contributed by atoms with Gasteiger partial charge in [-0.05, 0) is 19.3 Å². The number of esters is 1. The van der Waals surface area contributed by atoms with Gasteiger partial charge in [-0.2, -0.15) is 0 Å². The van der Waals surface area contributed by atoms with Crippen molar-refractivity contribution in [3.8, 4) is 0 Å². The number of carbonyl (C=O) groups excluding carboxylic acids is 1. The van der Waals surface area contributed by atoms with Crippen LogP contribution in [0.4, 0.5) is 5.13 Å². The van der Waals surface area contributed by atoms with Gasteiger partial charge in [0.15, 0.2) is 5.13 Å². The highest BCUT2D eigenvalue weighted by atomic mass is 32.1. The van der Waals surface area contributed by atoms with Crippen molar-refractivity contribution in [1.82, 2.24) is 4.98 Å². The molecule has 0 amide bonds. The number of carbonyl (C=O) groups is 1. The molecule has 1 heterocycles. The van der Waals surface area contributed by atoms with E-state index in [9.17, 15) is 4.79 Å². The average Bonchev–Trinajstić information content (AvgIpc) is 2.81. The number of ether oxygens (including phenoxy) is 2. The van der Waals surface area contributed by atoms with E-state index in [4.69, 9.17) is 9.47 Å². The molecule has 0 spiro atoms. The monoisotopic (exact) mass is 300 g/mol. The number of thiazole rings is 1. The highest BCUT2D eigenvalue weighted by molar-refractivity contribution is 7.13. The molecular weight excluding hydrogens is 276 g/mol. The van der Waals surface area contributed by atoms with Crippen molar-refractivity contribution in [2.75, 3.05) is 31.7 Å². The van der Waals surface area contributed by atoms with E-state index in [0.717, 1.165) is 37.0 Å². The first-order chi connectivity index (χ1) is 9.61. The predicted octanol–water partition coefficient (Wildman–Crippen LogP) is 2.72. The second-order valence-corrected chi connectivity index (χ2v) is 5.73. The van der Waals surface area contributed by atoms with Crippen molar-refractivity contribution < 1.29 is 14.3 Å². The molecule has 0 aliphatic carbocycles. The summed E-state index contributed by atoms with van der Waals surface area (Å²) in [5.74, 6) is 0.346. The number of nitrogens with zero attached hydrogens (tertiary/aromatic N) is 1. The van der Waals surface area contributed by atoms with E-state index >= 15 is 0 Å². The third kappa shape index (κ3) is 7.45. The molecule has 114 valence electrons. The van der Waals surface area contributed by atoms with Gasteiger partial charge < -0.3 is 14.8 Å². The summed E-state index contributed by atoms with van der Waals surface area (Å²) in [6, 6.07) is 0.